The molecule has 5 heteroatoms. The normalized spacial score (nSPS) is 21.1. The summed E-state index contributed by atoms with van der Waals surface area (Å²) in [6.45, 7) is 1.82. The van der Waals surface area contributed by atoms with Crippen molar-refractivity contribution in [2.24, 2.45) is 0 Å². The fourth-order valence-electron chi connectivity index (χ4n) is 1.48. The largest absolute Gasteiger partial charge is 0.457 e. The third kappa shape index (κ3) is 2.16. The minimum Gasteiger partial charge on any atom is -0.457 e. The van der Waals surface area contributed by atoms with Crippen LogP contribution in [0.4, 0.5) is 0 Å². The van der Waals surface area contributed by atoms with Crippen molar-refractivity contribution >= 4 is 21.8 Å². The first-order valence-electron chi connectivity index (χ1n) is 4.51. The molecule has 2 N–H and O–H groups in total. The lowest BCUT2D eigenvalue weighted by molar-refractivity contribution is 0.0939. The Bertz CT molecular complexity index is 331. The highest BCUT2D eigenvalue weighted by Crippen LogP contribution is 2.14. The van der Waals surface area contributed by atoms with Crippen LogP contribution >= 0.6 is 15.9 Å². The Kier molecular flexibility index (Phi) is 2.88. The van der Waals surface area contributed by atoms with Crippen molar-refractivity contribution in [3.63, 3.8) is 0 Å². The molecule has 1 saturated heterocycles. The van der Waals surface area contributed by atoms with Gasteiger partial charge in [-0.1, -0.05) is 0 Å². The van der Waals surface area contributed by atoms with E-state index >= 15 is 0 Å². The van der Waals surface area contributed by atoms with Gasteiger partial charge >= 0.3 is 0 Å². The van der Waals surface area contributed by atoms with Gasteiger partial charge in [-0.25, -0.2) is 0 Å². The standard InChI is InChI=1S/C9H11BrN2O2/c10-8-3-6(5-14-8)9(13)12-7-1-2-11-4-7/h3,5,7,11H,1-2,4H2,(H,12,13)/t7-/m0/s1. The number of hydrogen-bond donors (Lipinski definition) is 2. The molecule has 0 bridgehead atoms. The Balaban J connectivity index is 1.95. The molecule has 1 aromatic heterocycles. The summed E-state index contributed by atoms with van der Waals surface area (Å²) in [6.07, 6.45) is 2.44. The number of halogens is 1. The van der Waals surface area contributed by atoms with E-state index < -0.39 is 0 Å². The van der Waals surface area contributed by atoms with Crippen LogP contribution in [0.5, 0.6) is 0 Å². The summed E-state index contributed by atoms with van der Waals surface area (Å²) in [7, 11) is 0. The lowest BCUT2D eigenvalue weighted by atomic mass is 10.2. The van der Waals surface area contributed by atoms with E-state index in [0.29, 0.717) is 10.2 Å². The SMILES string of the molecule is O=C(N[C@H]1CCNC1)c1coc(Br)c1. The third-order valence-electron chi connectivity index (χ3n) is 2.23. The number of rotatable bonds is 2. The Hall–Kier alpha value is -0.810. The number of carbonyl (C=O) groups excluding carboxylic acids is 1. The highest BCUT2D eigenvalue weighted by Gasteiger charge is 2.18. The zero-order chi connectivity index (χ0) is 9.97. The van der Waals surface area contributed by atoms with Gasteiger partial charge < -0.3 is 15.1 Å². The van der Waals surface area contributed by atoms with Crippen LogP contribution < -0.4 is 10.6 Å². The molecule has 2 rings (SSSR count). The molecule has 1 aliphatic heterocycles. The third-order valence-corrected chi connectivity index (χ3v) is 2.64. The van der Waals surface area contributed by atoms with Crippen molar-refractivity contribution in [1.82, 2.24) is 10.6 Å². The Morgan fingerprint density at radius 1 is 1.71 bits per heavy atom. The second kappa shape index (κ2) is 4.14. The van der Waals surface area contributed by atoms with Gasteiger partial charge in [0.25, 0.3) is 5.91 Å². The first-order chi connectivity index (χ1) is 6.75. The zero-order valence-corrected chi connectivity index (χ0v) is 9.13. The molecule has 0 radical (unpaired) electrons. The van der Waals surface area contributed by atoms with Gasteiger partial charge in [0.15, 0.2) is 4.67 Å². The molecule has 2 heterocycles. The van der Waals surface area contributed by atoms with E-state index in [4.69, 9.17) is 4.42 Å². The maximum atomic E-state index is 11.6. The molecule has 76 valence electrons. The van der Waals surface area contributed by atoms with Crippen LogP contribution in [0.2, 0.25) is 0 Å². The van der Waals surface area contributed by atoms with E-state index in [2.05, 4.69) is 26.6 Å². The lowest BCUT2D eigenvalue weighted by Gasteiger charge is -2.09. The number of furan rings is 1. The molecule has 1 fully saturated rings. The Labute approximate surface area is 90.2 Å². The van der Waals surface area contributed by atoms with Gasteiger partial charge in [-0.3, -0.25) is 4.79 Å². The van der Waals surface area contributed by atoms with Crippen LogP contribution in [0.25, 0.3) is 0 Å². The highest BCUT2D eigenvalue weighted by molar-refractivity contribution is 9.10. The van der Waals surface area contributed by atoms with Gasteiger partial charge in [0.05, 0.1) is 5.56 Å². The fraction of sp³-hybridized carbons (Fsp3) is 0.444. The molecule has 0 spiro atoms. The molecule has 0 aromatic carbocycles. The molecule has 1 amide bonds. The fourth-order valence-corrected chi connectivity index (χ4v) is 1.82. The maximum absolute atomic E-state index is 11.6. The van der Waals surface area contributed by atoms with Crippen molar-refractivity contribution in [3.8, 4) is 0 Å². The maximum Gasteiger partial charge on any atom is 0.254 e. The average molecular weight is 259 g/mol. The van der Waals surface area contributed by atoms with E-state index in [9.17, 15) is 4.79 Å². The molecular weight excluding hydrogens is 248 g/mol. The minimum absolute atomic E-state index is 0.0758. The predicted octanol–water partition coefficient (Wildman–Crippen LogP) is 1.13. The zero-order valence-electron chi connectivity index (χ0n) is 7.55. The predicted molar refractivity (Wildman–Crippen MR) is 55.1 cm³/mol. The summed E-state index contributed by atoms with van der Waals surface area (Å²) >= 11 is 3.15. The molecular formula is C9H11BrN2O2. The summed E-state index contributed by atoms with van der Waals surface area (Å²) < 4.78 is 5.57. The van der Waals surface area contributed by atoms with E-state index in [1.54, 1.807) is 6.07 Å². The quantitative estimate of drug-likeness (QED) is 0.837. The number of carbonyl (C=O) groups is 1. The van der Waals surface area contributed by atoms with Crippen molar-refractivity contribution in [3.05, 3.63) is 22.6 Å². The lowest BCUT2D eigenvalue weighted by Crippen LogP contribution is -2.35. The van der Waals surface area contributed by atoms with Gasteiger partial charge in [-0.05, 0) is 28.9 Å². The first-order valence-corrected chi connectivity index (χ1v) is 5.30. The van der Waals surface area contributed by atoms with Gasteiger partial charge in [-0.2, -0.15) is 0 Å². The number of hydrogen-bond acceptors (Lipinski definition) is 3. The number of amides is 1. The summed E-state index contributed by atoms with van der Waals surface area (Å²) in [6, 6.07) is 1.91. The molecule has 0 unspecified atom stereocenters. The monoisotopic (exact) mass is 258 g/mol. The minimum atomic E-state index is -0.0758. The second-order valence-electron chi connectivity index (χ2n) is 3.30. The van der Waals surface area contributed by atoms with Crippen LogP contribution in [-0.2, 0) is 0 Å². The van der Waals surface area contributed by atoms with E-state index in [1.165, 1.54) is 6.26 Å². The van der Waals surface area contributed by atoms with Gasteiger partial charge in [0.1, 0.15) is 6.26 Å². The van der Waals surface area contributed by atoms with Crippen molar-refractivity contribution in [2.45, 2.75) is 12.5 Å². The van der Waals surface area contributed by atoms with Crippen molar-refractivity contribution in [1.29, 1.82) is 0 Å². The van der Waals surface area contributed by atoms with E-state index in [0.717, 1.165) is 19.5 Å². The van der Waals surface area contributed by atoms with Crippen molar-refractivity contribution < 1.29 is 9.21 Å². The molecule has 1 atom stereocenters. The molecule has 0 aliphatic carbocycles. The van der Waals surface area contributed by atoms with Crippen LogP contribution in [0.1, 0.15) is 16.8 Å². The molecule has 1 aromatic rings. The van der Waals surface area contributed by atoms with Crippen LogP contribution in [0.3, 0.4) is 0 Å². The van der Waals surface area contributed by atoms with E-state index in [-0.39, 0.29) is 11.9 Å². The van der Waals surface area contributed by atoms with Crippen LogP contribution in [0.15, 0.2) is 21.4 Å². The van der Waals surface area contributed by atoms with Gasteiger partial charge in [0.2, 0.25) is 0 Å². The number of nitrogens with one attached hydrogen (secondary N) is 2. The first kappa shape index (κ1) is 9.73. The van der Waals surface area contributed by atoms with Crippen molar-refractivity contribution in [2.75, 3.05) is 13.1 Å². The molecule has 14 heavy (non-hydrogen) atoms. The molecule has 0 saturated carbocycles. The summed E-state index contributed by atoms with van der Waals surface area (Å²) in [5.74, 6) is -0.0758. The Morgan fingerprint density at radius 2 is 2.57 bits per heavy atom. The smallest absolute Gasteiger partial charge is 0.254 e. The van der Waals surface area contributed by atoms with Gasteiger partial charge in [-0.15, -0.1) is 0 Å². The summed E-state index contributed by atoms with van der Waals surface area (Å²) in [5, 5.41) is 6.11. The van der Waals surface area contributed by atoms with Gasteiger partial charge in [0, 0.05) is 18.7 Å². The molecule has 1 aliphatic rings. The topological polar surface area (TPSA) is 54.3 Å². The van der Waals surface area contributed by atoms with E-state index in [1.807, 2.05) is 0 Å². The van der Waals surface area contributed by atoms with Crippen LogP contribution in [-0.4, -0.2) is 25.0 Å². The summed E-state index contributed by atoms with van der Waals surface area (Å²) in [5.41, 5.74) is 0.559. The van der Waals surface area contributed by atoms with Crippen LogP contribution in [0, 0.1) is 0 Å². The molecule has 4 nitrogen and oxygen atoms in total. The highest BCUT2D eigenvalue weighted by atomic mass is 79.9. The second-order valence-corrected chi connectivity index (χ2v) is 4.08. The average Bonchev–Trinajstić information content (AvgIpc) is 2.75. The summed E-state index contributed by atoms with van der Waals surface area (Å²) in [4.78, 5) is 11.6. The Morgan fingerprint density at radius 3 is 3.14 bits per heavy atom.